The summed E-state index contributed by atoms with van der Waals surface area (Å²) in [6.07, 6.45) is -2.63. The summed E-state index contributed by atoms with van der Waals surface area (Å²) in [5.74, 6) is -0.598. The summed E-state index contributed by atoms with van der Waals surface area (Å²) in [5, 5.41) is 46.0. The Morgan fingerprint density at radius 3 is 2.13 bits per heavy atom. The normalized spacial score (nSPS) is 11.1. The molecule has 13 heteroatoms. The highest BCUT2D eigenvalue weighted by Crippen LogP contribution is 2.23. The number of benzene rings is 1. The average molecular weight is 327 g/mol. The zero-order valence-electron chi connectivity index (χ0n) is 11.4. The summed E-state index contributed by atoms with van der Waals surface area (Å²) in [6, 6.07) is 2.66. The molecule has 0 fully saturated rings. The van der Waals surface area contributed by atoms with Crippen LogP contribution >= 0.6 is 0 Å². The van der Waals surface area contributed by atoms with Crippen molar-refractivity contribution in [1.82, 2.24) is 0 Å². The molecule has 13 nitrogen and oxygen atoms in total. The first-order valence-corrected chi connectivity index (χ1v) is 5.73. The lowest BCUT2D eigenvalue weighted by Gasteiger charge is -2.07. The second-order valence-corrected chi connectivity index (χ2v) is 4.14. The van der Waals surface area contributed by atoms with E-state index < -0.39 is 43.8 Å². The minimum absolute atomic E-state index is 0.145. The van der Waals surface area contributed by atoms with Gasteiger partial charge in [0.1, 0.15) is 9.85 Å². The van der Waals surface area contributed by atoms with Gasteiger partial charge < -0.3 is 10.5 Å². The Kier molecular flexibility index (Phi) is 5.21. The van der Waals surface area contributed by atoms with Crippen molar-refractivity contribution in [3.8, 4) is 0 Å². The second-order valence-electron chi connectivity index (χ2n) is 4.14. The number of oxime groups is 1. The predicted molar refractivity (Wildman–Crippen MR) is 73.5 cm³/mol. The van der Waals surface area contributed by atoms with E-state index in [9.17, 15) is 35.1 Å². The number of hydrogen-bond donors (Lipinski definition) is 2. The van der Waals surface area contributed by atoms with Gasteiger partial charge >= 0.3 is 6.17 Å². The number of carbonyl (C=O) groups excluding carboxylic acids is 1. The molecule has 122 valence electrons. The van der Waals surface area contributed by atoms with Crippen molar-refractivity contribution in [2.45, 2.75) is 13.1 Å². The maximum absolute atomic E-state index is 11.0. The maximum atomic E-state index is 11.0. The van der Waals surface area contributed by atoms with Crippen molar-refractivity contribution in [1.29, 1.82) is 0 Å². The van der Waals surface area contributed by atoms with E-state index in [1.165, 1.54) is 0 Å². The lowest BCUT2D eigenvalue weighted by Crippen LogP contribution is -2.37. The number of amides is 1. The van der Waals surface area contributed by atoms with Crippen molar-refractivity contribution >= 4 is 23.0 Å². The monoisotopic (exact) mass is 327 g/mol. The molecule has 1 aromatic carbocycles. The summed E-state index contributed by atoms with van der Waals surface area (Å²) in [6.45, 7) is 1.11. The van der Waals surface area contributed by atoms with Gasteiger partial charge in [0.05, 0.1) is 4.92 Å². The molecule has 0 aliphatic heterocycles. The van der Waals surface area contributed by atoms with Gasteiger partial charge in [-0.3, -0.25) is 35.1 Å². The Morgan fingerprint density at radius 1 is 1.17 bits per heavy atom. The van der Waals surface area contributed by atoms with Gasteiger partial charge in [0.2, 0.25) is 11.6 Å². The zero-order valence-corrected chi connectivity index (χ0v) is 11.4. The van der Waals surface area contributed by atoms with Crippen LogP contribution in [0.4, 0.5) is 11.4 Å². The summed E-state index contributed by atoms with van der Waals surface area (Å²) < 4.78 is 0. The van der Waals surface area contributed by atoms with Crippen LogP contribution in [0.15, 0.2) is 23.4 Å². The predicted octanol–water partition coefficient (Wildman–Crippen LogP) is 0.611. The topological polar surface area (TPSA) is 191 Å². The minimum atomic E-state index is -2.63. The molecular formula is C10H9N5O8. The maximum Gasteiger partial charge on any atom is 0.496 e. The molecule has 0 atom stereocenters. The molecule has 2 N–H and O–H groups in total. The van der Waals surface area contributed by atoms with Crippen LogP contribution in [0.25, 0.3) is 0 Å². The molecule has 0 spiro atoms. The average Bonchev–Trinajstić information content (AvgIpc) is 2.42. The SMILES string of the molecule is CC(=O)Nc1cc(C(=NO)C([N+](=O)[O-])[N+](=O)[O-])cc([N+](=O)[O-])c1. The molecule has 1 amide bonds. The minimum Gasteiger partial charge on any atom is -0.410 e. The van der Waals surface area contributed by atoms with Gasteiger partial charge in [-0.25, -0.2) is 0 Å². The highest BCUT2D eigenvalue weighted by molar-refractivity contribution is 6.04. The number of rotatable bonds is 6. The molecule has 0 unspecified atom stereocenters. The largest absolute Gasteiger partial charge is 0.496 e. The van der Waals surface area contributed by atoms with Crippen LogP contribution in [-0.2, 0) is 4.79 Å². The number of carbonyl (C=O) groups is 1. The molecule has 23 heavy (non-hydrogen) atoms. The van der Waals surface area contributed by atoms with Gasteiger partial charge in [0, 0.05) is 30.3 Å². The van der Waals surface area contributed by atoms with Gasteiger partial charge in [-0.2, -0.15) is 0 Å². The van der Waals surface area contributed by atoms with E-state index >= 15 is 0 Å². The van der Waals surface area contributed by atoms with E-state index in [1.807, 2.05) is 0 Å². The van der Waals surface area contributed by atoms with Crippen molar-refractivity contribution in [3.05, 3.63) is 54.1 Å². The number of hydrogen-bond acceptors (Lipinski definition) is 9. The van der Waals surface area contributed by atoms with Crippen LogP contribution in [0.5, 0.6) is 0 Å². The Balaban J connectivity index is 3.51. The van der Waals surface area contributed by atoms with E-state index in [-0.39, 0.29) is 5.69 Å². The molecule has 0 saturated carbocycles. The van der Waals surface area contributed by atoms with E-state index in [1.54, 1.807) is 0 Å². The molecule has 0 aliphatic carbocycles. The smallest absolute Gasteiger partial charge is 0.410 e. The zero-order chi connectivity index (χ0) is 17.7. The second kappa shape index (κ2) is 6.88. The number of anilines is 1. The van der Waals surface area contributed by atoms with Crippen LogP contribution in [0.1, 0.15) is 12.5 Å². The lowest BCUT2D eigenvalue weighted by atomic mass is 10.1. The first-order chi connectivity index (χ1) is 10.7. The first-order valence-electron chi connectivity index (χ1n) is 5.73. The Hall–Kier alpha value is -3.64. The summed E-state index contributed by atoms with van der Waals surface area (Å²) in [5.41, 5.74) is -2.23. The van der Waals surface area contributed by atoms with Crippen LogP contribution in [-0.4, -0.2) is 37.8 Å². The molecule has 0 aromatic heterocycles. The molecule has 0 bridgehead atoms. The molecule has 1 aromatic rings. The van der Waals surface area contributed by atoms with E-state index in [2.05, 4.69) is 10.5 Å². The molecular weight excluding hydrogens is 318 g/mol. The third-order valence-corrected chi connectivity index (χ3v) is 2.50. The number of nitrogens with zero attached hydrogens (tertiary/aromatic N) is 4. The fourth-order valence-electron chi connectivity index (χ4n) is 1.68. The van der Waals surface area contributed by atoms with Gasteiger partial charge in [0.15, 0.2) is 0 Å². The van der Waals surface area contributed by atoms with Crippen LogP contribution in [0.2, 0.25) is 0 Å². The van der Waals surface area contributed by atoms with Crippen molar-refractivity contribution < 1.29 is 24.8 Å². The Morgan fingerprint density at radius 2 is 1.74 bits per heavy atom. The highest BCUT2D eigenvalue weighted by Gasteiger charge is 2.41. The third kappa shape index (κ3) is 4.16. The van der Waals surface area contributed by atoms with Crippen LogP contribution < -0.4 is 5.32 Å². The lowest BCUT2D eigenvalue weighted by molar-refractivity contribution is -0.719. The Labute approximate surface area is 126 Å². The number of nitro benzene ring substituents is 1. The number of nitrogens with one attached hydrogen (secondary N) is 1. The third-order valence-electron chi connectivity index (χ3n) is 2.50. The van der Waals surface area contributed by atoms with Crippen LogP contribution in [0.3, 0.4) is 0 Å². The standard InChI is InChI=1S/C10H9N5O8/c1-5(16)11-7-2-6(3-8(4-7)13(18)19)9(12-17)10(14(20)21)15(22)23/h2-4,10,17H,1H3,(H,11,16). The van der Waals surface area contributed by atoms with Gasteiger partial charge in [-0.1, -0.05) is 5.16 Å². The molecule has 0 aliphatic rings. The first kappa shape index (κ1) is 17.4. The summed E-state index contributed by atoms with van der Waals surface area (Å²) in [7, 11) is 0. The van der Waals surface area contributed by atoms with Crippen molar-refractivity contribution in [2.24, 2.45) is 5.16 Å². The van der Waals surface area contributed by atoms with Crippen molar-refractivity contribution in [3.63, 3.8) is 0 Å². The molecule has 1 rings (SSSR count). The van der Waals surface area contributed by atoms with Gasteiger partial charge in [-0.05, 0) is 6.07 Å². The number of nitro groups is 3. The van der Waals surface area contributed by atoms with Gasteiger partial charge in [-0.15, -0.1) is 0 Å². The van der Waals surface area contributed by atoms with E-state index in [4.69, 9.17) is 5.21 Å². The van der Waals surface area contributed by atoms with Gasteiger partial charge in [0.25, 0.3) is 5.69 Å². The molecule has 0 saturated heterocycles. The summed E-state index contributed by atoms with van der Waals surface area (Å²) in [4.78, 5) is 39.9. The highest BCUT2D eigenvalue weighted by atomic mass is 16.7. The number of non-ortho nitro benzene ring substituents is 1. The van der Waals surface area contributed by atoms with E-state index in [0.29, 0.717) is 0 Å². The van der Waals surface area contributed by atoms with Crippen molar-refractivity contribution in [2.75, 3.05) is 5.32 Å². The van der Waals surface area contributed by atoms with E-state index in [0.717, 1.165) is 25.1 Å². The molecule has 0 heterocycles. The quantitative estimate of drug-likeness (QED) is 0.249. The fraction of sp³-hybridized carbons (Fsp3) is 0.200. The fourth-order valence-corrected chi connectivity index (χ4v) is 1.68. The summed E-state index contributed by atoms with van der Waals surface area (Å²) >= 11 is 0. The molecule has 0 radical (unpaired) electrons. The van der Waals surface area contributed by atoms with Crippen LogP contribution in [0, 0.1) is 30.3 Å². The Bertz CT molecular complexity index is 701.